The van der Waals surface area contributed by atoms with Crippen LogP contribution in [-0.2, 0) is 11.2 Å². The van der Waals surface area contributed by atoms with Crippen LogP contribution in [0.15, 0.2) is 24.3 Å². The van der Waals surface area contributed by atoms with Crippen LogP contribution in [0.5, 0.6) is 5.75 Å². The number of likely N-dealkylation sites (tertiary alicyclic amines) is 1. The number of aryl methyl sites for hydroxylation is 1. The highest BCUT2D eigenvalue weighted by Gasteiger charge is 2.25. The second kappa shape index (κ2) is 4.99. The summed E-state index contributed by atoms with van der Waals surface area (Å²) in [5.41, 5.74) is 0.992. The van der Waals surface area contributed by atoms with Gasteiger partial charge in [-0.1, -0.05) is 25.1 Å². The predicted molar refractivity (Wildman–Crippen MR) is 63.0 cm³/mol. The molecular weight excluding hydrogens is 218 g/mol. The van der Waals surface area contributed by atoms with Gasteiger partial charge in [-0.25, -0.2) is 4.79 Å². The van der Waals surface area contributed by atoms with E-state index in [1.54, 1.807) is 6.07 Å². The maximum absolute atomic E-state index is 11.8. The van der Waals surface area contributed by atoms with Gasteiger partial charge in [0.1, 0.15) is 5.75 Å². The quantitative estimate of drug-likeness (QED) is 0.785. The second-order valence-electron chi connectivity index (χ2n) is 4.04. The number of hydrogen-bond acceptors (Lipinski definition) is 3. The van der Waals surface area contributed by atoms with E-state index < -0.39 is 6.09 Å². The summed E-state index contributed by atoms with van der Waals surface area (Å²) >= 11 is 0. The van der Waals surface area contributed by atoms with Crippen molar-refractivity contribution in [2.75, 3.05) is 13.1 Å². The summed E-state index contributed by atoms with van der Waals surface area (Å²) in [7, 11) is 0. The van der Waals surface area contributed by atoms with Gasteiger partial charge in [-0.2, -0.15) is 0 Å². The fourth-order valence-corrected chi connectivity index (χ4v) is 1.84. The topological polar surface area (TPSA) is 46.6 Å². The molecule has 0 aromatic heterocycles. The summed E-state index contributed by atoms with van der Waals surface area (Å²) in [5.74, 6) is 0.671. The van der Waals surface area contributed by atoms with Crippen molar-refractivity contribution in [2.45, 2.75) is 19.8 Å². The Morgan fingerprint density at radius 1 is 1.41 bits per heavy atom. The zero-order chi connectivity index (χ0) is 12.3. The molecule has 1 fully saturated rings. The fraction of sp³-hybridized carbons (Fsp3) is 0.385. The summed E-state index contributed by atoms with van der Waals surface area (Å²) in [4.78, 5) is 24.3. The van der Waals surface area contributed by atoms with E-state index in [1.165, 1.54) is 4.90 Å². The van der Waals surface area contributed by atoms with Crippen LogP contribution in [0, 0.1) is 0 Å². The van der Waals surface area contributed by atoms with Gasteiger partial charge < -0.3 is 9.64 Å². The molecule has 90 valence electrons. The van der Waals surface area contributed by atoms with Gasteiger partial charge in [0.05, 0.1) is 6.54 Å². The number of nitrogens with zero attached hydrogens (tertiary/aromatic N) is 1. The monoisotopic (exact) mass is 233 g/mol. The van der Waals surface area contributed by atoms with Crippen LogP contribution in [0.25, 0.3) is 0 Å². The van der Waals surface area contributed by atoms with Gasteiger partial charge in [0.2, 0.25) is 0 Å². The molecule has 0 spiro atoms. The molecule has 0 atom stereocenters. The highest BCUT2D eigenvalue weighted by Crippen LogP contribution is 2.19. The van der Waals surface area contributed by atoms with E-state index in [9.17, 15) is 9.59 Å². The number of hydrogen-bond donors (Lipinski definition) is 0. The highest BCUT2D eigenvalue weighted by atomic mass is 16.6. The van der Waals surface area contributed by atoms with E-state index in [1.807, 2.05) is 25.1 Å². The van der Waals surface area contributed by atoms with E-state index >= 15 is 0 Å². The predicted octanol–water partition coefficient (Wildman–Crippen LogP) is 2.02. The maximum Gasteiger partial charge on any atom is 0.415 e. The average molecular weight is 233 g/mol. The molecule has 4 nitrogen and oxygen atoms in total. The van der Waals surface area contributed by atoms with Crippen LogP contribution in [0.2, 0.25) is 0 Å². The van der Waals surface area contributed by atoms with E-state index in [0.29, 0.717) is 18.7 Å². The maximum atomic E-state index is 11.8. The van der Waals surface area contributed by atoms with E-state index in [4.69, 9.17) is 4.74 Å². The lowest BCUT2D eigenvalue weighted by molar-refractivity contribution is -0.116. The molecule has 1 heterocycles. The molecule has 1 aromatic rings. The number of amides is 1. The van der Waals surface area contributed by atoms with Crippen molar-refractivity contribution in [3.05, 3.63) is 29.8 Å². The van der Waals surface area contributed by atoms with Crippen LogP contribution >= 0.6 is 0 Å². The van der Waals surface area contributed by atoms with Crippen molar-refractivity contribution in [1.82, 2.24) is 4.90 Å². The van der Waals surface area contributed by atoms with Crippen LogP contribution < -0.4 is 4.74 Å². The lowest BCUT2D eigenvalue weighted by Gasteiger charge is -2.15. The summed E-state index contributed by atoms with van der Waals surface area (Å²) in [6.45, 7) is 2.64. The number of Topliss-reactive ketones (excluding diaryl/α,β-unsaturated/α-hetero) is 1. The molecule has 1 aliphatic heterocycles. The minimum atomic E-state index is -0.434. The van der Waals surface area contributed by atoms with Crippen LogP contribution in [-0.4, -0.2) is 29.9 Å². The van der Waals surface area contributed by atoms with E-state index in [0.717, 1.165) is 12.0 Å². The smallest absolute Gasteiger partial charge is 0.410 e. The van der Waals surface area contributed by atoms with Gasteiger partial charge in [-0.3, -0.25) is 4.79 Å². The molecule has 1 aliphatic rings. The molecule has 0 aliphatic carbocycles. The van der Waals surface area contributed by atoms with Crippen molar-refractivity contribution < 1.29 is 14.3 Å². The normalized spacial score (nSPS) is 15.1. The minimum Gasteiger partial charge on any atom is -0.410 e. The lowest BCUT2D eigenvalue weighted by Crippen LogP contribution is -2.31. The van der Waals surface area contributed by atoms with Crippen molar-refractivity contribution >= 4 is 11.9 Å². The first-order chi connectivity index (χ1) is 8.20. The minimum absolute atomic E-state index is 0.0886. The van der Waals surface area contributed by atoms with Gasteiger partial charge >= 0.3 is 6.09 Å². The fourth-order valence-electron chi connectivity index (χ4n) is 1.84. The summed E-state index contributed by atoms with van der Waals surface area (Å²) in [5, 5.41) is 0. The molecule has 1 aromatic carbocycles. The van der Waals surface area contributed by atoms with Crippen molar-refractivity contribution in [3.63, 3.8) is 0 Å². The van der Waals surface area contributed by atoms with Gasteiger partial charge in [0.25, 0.3) is 0 Å². The molecule has 4 heteroatoms. The van der Waals surface area contributed by atoms with Crippen molar-refractivity contribution in [1.29, 1.82) is 0 Å². The van der Waals surface area contributed by atoms with Gasteiger partial charge in [-0.05, 0) is 18.1 Å². The Balaban J connectivity index is 2.05. The largest absolute Gasteiger partial charge is 0.415 e. The summed E-state index contributed by atoms with van der Waals surface area (Å²) in [6, 6.07) is 7.44. The number of rotatable bonds is 2. The zero-order valence-corrected chi connectivity index (χ0v) is 9.81. The van der Waals surface area contributed by atoms with Crippen molar-refractivity contribution in [3.8, 4) is 5.75 Å². The van der Waals surface area contributed by atoms with E-state index in [-0.39, 0.29) is 12.3 Å². The number of carbonyl (C=O) groups excluding carboxylic acids is 2. The number of para-hydroxylation sites is 1. The Morgan fingerprint density at radius 2 is 2.18 bits per heavy atom. The van der Waals surface area contributed by atoms with Gasteiger partial charge in [-0.15, -0.1) is 0 Å². The molecule has 1 amide bonds. The Bertz CT molecular complexity index is 442. The van der Waals surface area contributed by atoms with Crippen LogP contribution in [0.4, 0.5) is 4.79 Å². The summed E-state index contributed by atoms with van der Waals surface area (Å²) < 4.78 is 5.30. The highest BCUT2D eigenvalue weighted by molar-refractivity contribution is 5.87. The number of ether oxygens (including phenoxy) is 1. The van der Waals surface area contributed by atoms with Crippen molar-refractivity contribution in [2.24, 2.45) is 0 Å². The SMILES string of the molecule is CCc1ccccc1OC(=O)N1CCC(=O)C1. The molecule has 0 unspecified atom stereocenters. The summed E-state index contributed by atoms with van der Waals surface area (Å²) in [6.07, 6.45) is 0.809. The Labute approximate surface area is 100 Å². The number of carbonyl (C=O) groups is 2. The molecule has 0 radical (unpaired) electrons. The van der Waals surface area contributed by atoms with Gasteiger partial charge in [0.15, 0.2) is 5.78 Å². The van der Waals surface area contributed by atoms with Gasteiger partial charge in [0, 0.05) is 13.0 Å². The third kappa shape index (κ3) is 2.64. The number of ketones is 1. The molecule has 1 saturated heterocycles. The molecule has 2 rings (SSSR count). The lowest BCUT2D eigenvalue weighted by atomic mass is 10.1. The molecule has 0 bridgehead atoms. The molecule has 0 N–H and O–H groups in total. The van der Waals surface area contributed by atoms with Crippen LogP contribution in [0.1, 0.15) is 18.9 Å². The first-order valence-corrected chi connectivity index (χ1v) is 5.77. The average Bonchev–Trinajstić information content (AvgIpc) is 2.77. The van der Waals surface area contributed by atoms with E-state index in [2.05, 4.69) is 0 Å². The van der Waals surface area contributed by atoms with Crippen LogP contribution in [0.3, 0.4) is 0 Å². The third-order valence-corrected chi connectivity index (χ3v) is 2.84. The molecular formula is C13H15NO3. The Morgan fingerprint density at radius 3 is 2.82 bits per heavy atom. The Kier molecular flexibility index (Phi) is 3.42. The Hall–Kier alpha value is -1.84. The third-order valence-electron chi connectivity index (χ3n) is 2.84. The molecule has 0 saturated carbocycles. The second-order valence-corrected chi connectivity index (χ2v) is 4.04. The molecule has 17 heavy (non-hydrogen) atoms. The number of benzene rings is 1. The zero-order valence-electron chi connectivity index (χ0n) is 9.81. The first kappa shape index (κ1) is 11.6. The first-order valence-electron chi connectivity index (χ1n) is 5.77. The standard InChI is InChI=1S/C13H15NO3/c1-2-10-5-3-4-6-12(10)17-13(16)14-8-7-11(15)9-14/h3-6H,2,7-9H2,1H3.